The summed E-state index contributed by atoms with van der Waals surface area (Å²) in [4.78, 5) is 14.6. The predicted molar refractivity (Wildman–Crippen MR) is 95.7 cm³/mol. The van der Waals surface area contributed by atoms with Gasteiger partial charge in [-0.05, 0) is 6.07 Å². The molecule has 0 bridgehead atoms. The van der Waals surface area contributed by atoms with Crippen molar-refractivity contribution in [2.45, 2.75) is 18.8 Å². The molecule has 0 aliphatic rings. The molecule has 0 unspecified atom stereocenters. The highest BCUT2D eigenvalue weighted by Gasteiger charge is 2.34. The van der Waals surface area contributed by atoms with E-state index in [1.807, 2.05) is 0 Å². The Labute approximate surface area is 165 Å². The minimum atomic E-state index is -4.55. The van der Waals surface area contributed by atoms with E-state index in [0.29, 0.717) is 17.5 Å². The Morgan fingerprint density at radius 2 is 1.69 bits per heavy atom. The Hall–Kier alpha value is -2.64. The fraction of sp³-hybridized carbons (Fsp3) is 0.467. The second kappa shape index (κ2) is 9.71. The van der Waals surface area contributed by atoms with E-state index in [1.165, 1.54) is 7.05 Å². The second-order valence-corrected chi connectivity index (χ2v) is 6.43. The van der Waals surface area contributed by atoms with Gasteiger partial charge in [-0.25, -0.2) is 15.0 Å². The summed E-state index contributed by atoms with van der Waals surface area (Å²) in [5.41, 5.74) is -1.96. The lowest BCUT2D eigenvalue weighted by Crippen LogP contribution is -2.40. The smallest absolute Gasteiger partial charge is 0.356 e. The van der Waals surface area contributed by atoms with E-state index in [2.05, 4.69) is 35.9 Å². The molecule has 0 saturated heterocycles. The molecule has 0 amide bonds. The van der Waals surface area contributed by atoms with Gasteiger partial charge in [0.2, 0.25) is 5.95 Å². The summed E-state index contributed by atoms with van der Waals surface area (Å²) in [5.74, 6) is 0.221. The first-order valence-corrected chi connectivity index (χ1v) is 9.08. The molecule has 0 saturated carbocycles. The SMILES string of the molecule is CN=C(NCCNc1nccc(C(F)(F)F)n1)NCCc1nc(C(F)(F)F)cs1. The van der Waals surface area contributed by atoms with E-state index in [1.54, 1.807) is 0 Å². The van der Waals surface area contributed by atoms with Crippen LogP contribution in [0.15, 0.2) is 22.6 Å². The molecule has 2 rings (SSSR count). The summed E-state index contributed by atoms with van der Waals surface area (Å²) >= 11 is 0.922. The highest BCUT2D eigenvalue weighted by atomic mass is 32.1. The molecule has 0 aliphatic carbocycles. The maximum atomic E-state index is 12.6. The number of aromatic nitrogens is 3. The van der Waals surface area contributed by atoms with Crippen LogP contribution in [0.5, 0.6) is 0 Å². The van der Waals surface area contributed by atoms with Crippen molar-refractivity contribution in [2.24, 2.45) is 4.99 Å². The molecule has 0 aliphatic heterocycles. The Balaban J connectivity index is 1.71. The van der Waals surface area contributed by atoms with Crippen LogP contribution in [0.2, 0.25) is 0 Å². The first-order chi connectivity index (χ1) is 13.6. The van der Waals surface area contributed by atoms with Crippen LogP contribution in [-0.4, -0.2) is 47.6 Å². The van der Waals surface area contributed by atoms with Crippen molar-refractivity contribution < 1.29 is 26.3 Å². The number of hydrogen-bond acceptors (Lipinski definition) is 6. The summed E-state index contributed by atoms with van der Waals surface area (Å²) in [6.45, 7) is 0.798. The highest BCUT2D eigenvalue weighted by Crippen LogP contribution is 2.30. The lowest BCUT2D eigenvalue weighted by molar-refractivity contribution is -0.141. The highest BCUT2D eigenvalue weighted by molar-refractivity contribution is 7.09. The molecule has 2 heterocycles. The lowest BCUT2D eigenvalue weighted by Gasteiger charge is -2.12. The zero-order valence-corrected chi connectivity index (χ0v) is 15.8. The van der Waals surface area contributed by atoms with Crippen LogP contribution in [0.3, 0.4) is 0 Å². The molecule has 29 heavy (non-hydrogen) atoms. The number of nitrogens with one attached hydrogen (secondary N) is 3. The van der Waals surface area contributed by atoms with Crippen molar-refractivity contribution in [3.05, 3.63) is 34.0 Å². The van der Waals surface area contributed by atoms with Gasteiger partial charge in [0.1, 0.15) is 5.69 Å². The van der Waals surface area contributed by atoms with Gasteiger partial charge in [0.15, 0.2) is 11.7 Å². The Morgan fingerprint density at radius 1 is 1.00 bits per heavy atom. The Bertz CT molecular complexity index is 818. The molecule has 0 atom stereocenters. The third-order valence-electron chi connectivity index (χ3n) is 3.34. The summed E-state index contributed by atoms with van der Waals surface area (Å²) in [6, 6.07) is 0.773. The van der Waals surface area contributed by atoms with Crippen molar-refractivity contribution in [2.75, 3.05) is 32.0 Å². The summed E-state index contributed by atoms with van der Waals surface area (Å²) in [5, 5.41) is 9.76. The largest absolute Gasteiger partial charge is 0.434 e. The molecule has 0 fully saturated rings. The van der Waals surface area contributed by atoms with Gasteiger partial charge < -0.3 is 16.0 Å². The number of aliphatic imine (C=N–C) groups is 1. The molecule has 2 aromatic rings. The molecule has 160 valence electrons. The fourth-order valence-corrected chi connectivity index (χ4v) is 2.83. The van der Waals surface area contributed by atoms with Crippen LogP contribution in [-0.2, 0) is 18.8 Å². The Morgan fingerprint density at radius 3 is 2.31 bits per heavy atom. The minimum absolute atomic E-state index is 0.159. The molecule has 0 spiro atoms. The van der Waals surface area contributed by atoms with Gasteiger partial charge in [0.05, 0.1) is 5.01 Å². The van der Waals surface area contributed by atoms with E-state index >= 15 is 0 Å². The number of guanidine groups is 1. The van der Waals surface area contributed by atoms with E-state index < -0.39 is 23.7 Å². The maximum absolute atomic E-state index is 12.6. The maximum Gasteiger partial charge on any atom is 0.434 e. The molecule has 0 aromatic carbocycles. The molecule has 3 N–H and O–H groups in total. The summed E-state index contributed by atoms with van der Waals surface area (Å²) in [6.07, 6.45) is -7.73. The van der Waals surface area contributed by atoms with E-state index in [0.717, 1.165) is 29.0 Å². The number of alkyl halides is 6. The van der Waals surface area contributed by atoms with E-state index in [4.69, 9.17) is 0 Å². The standard InChI is InChI=1S/C15H17F6N7S/c1-22-12(23-5-3-11-27-10(8-29-11)15(19,20)21)25-6-7-26-13-24-4-2-9(28-13)14(16,17)18/h2,4,8H,3,5-7H2,1H3,(H2,22,23,25)(H,24,26,28). The van der Waals surface area contributed by atoms with Crippen LogP contribution in [0, 0.1) is 0 Å². The zero-order valence-electron chi connectivity index (χ0n) is 15.0. The van der Waals surface area contributed by atoms with Crippen LogP contribution in [0.4, 0.5) is 32.3 Å². The minimum Gasteiger partial charge on any atom is -0.356 e. The van der Waals surface area contributed by atoms with Gasteiger partial charge in [-0.3, -0.25) is 4.99 Å². The van der Waals surface area contributed by atoms with Gasteiger partial charge in [0.25, 0.3) is 0 Å². The van der Waals surface area contributed by atoms with Crippen molar-refractivity contribution >= 4 is 23.2 Å². The van der Waals surface area contributed by atoms with E-state index in [9.17, 15) is 26.3 Å². The second-order valence-electron chi connectivity index (χ2n) is 5.49. The summed E-state index contributed by atoms with van der Waals surface area (Å²) in [7, 11) is 1.50. The number of rotatable bonds is 7. The molecule has 2 aromatic heterocycles. The van der Waals surface area contributed by atoms with E-state index in [-0.39, 0.29) is 25.5 Å². The topological polar surface area (TPSA) is 87.1 Å². The average molecular weight is 441 g/mol. The molecule has 0 radical (unpaired) electrons. The van der Waals surface area contributed by atoms with Crippen LogP contribution in [0.25, 0.3) is 0 Å². The van der Waals surface area contributed by atoms with Crippen molar-refractivity contribution in [1.82, 2.24) is 25.6 Å². The van der Waals surface area contributed by atoms with Gasteiger partial charge in [-0.15, -0.1) is 11.3 Å². The van der Waals surface area contributed by atoms with Gasteiger partial charge >= 0.3 is 12.4 Å². The number of anilines is 1. The molecular weight excluding hydrogens is 424 g/mol. The van der Waals surface area contributed by atoms with Gasteiger partial charge in [-0.2, -0.15) is 26.3 Å². The van der Waals surface area contributed by atoms with Crippen molar-refractivity contribution in [3.8, 4) is 0 Å². The van der Waals surface area contributed by atoms with Crippen LogP contribution in [0.1, 0.15) is 16.4 Å². The number of thiazole rings is 1. The zero-order chi connectivity index (χ0) is 21.5. The molecule has 7 nitrogen and oxygen atoms in total. The third-order valence-corrected chi connectivity index (χ3v) is 4.25. The first-order valence-electron chi connectivity index (χ1n) is 8.20. The van der Waals surface area contributed by atoms with Gasteiger partial charge in [0, 0.05) is 44.7 Å². The summed E-state index contributed by atoms with van der Waals surface area (Å²) < 4.78 is 75.3. The first kappa shape index (κ1) is 22.6. The number of halogens is 6. The normalized spacial score (nSPS) is 12.7. The van der Waals surface area contributed by atoms with Crippen LogP contribution < -0.4 is 16.0 Å². The third kappa shape index (κ3) is 7.36. The lowest BCUT2D eigenvalue weighted by atomic mass is 10.4. The molecule has 14 heteroatoms. The van der Waals surface area contributed by atoms with Crippen LogP contribution >= 0.6 is 11.3 Å². The Kier molecular flexibility index (Phi) is 7.59. The number of nitrogens with zero attached hydrogens (tertiary/aromatic N) is 4. The predicted octanol–water partition coefficient (Wildman–Crippen LogP) is 2.79. The monoisotopic (exact) mass is 441 g/mol. The average Bonchev–Trinajstić information content (AvgIpc) is 3.12. The van der Waals surface area contributed by atoms with Gasteiger partial charge in [-0.1, -0.05) is 0 Å². The number of hydrogen-bond donors (Lipinski definition) is 3. The van der Waals surface area contributed by atoms with Crippen molar-refractivity contribution in [1.29, 1.82) is 0 Å². The quantitative estimate of drug-likeness (QED) is 0.265. The molecular formula is C15H17F6N7S. The fourth-order valence-electron chi connectivity index (χ4n) is 2.02. The van der Waals surface area contributed by atoms with Crippen molar-refractivity contribution in [3.63, 3.8) is 0 Å².